The van der Waals surface area contributed by atoms with Crippen LogP contribution < -0.4 is 10.2 Å². The van der Waals surface area contributed by atoms with Gasteiger partial charge in [0.1, 0.15) is 0 Å². The molecule has 1 fully saturated rings. The number of likely N-dealkylation sites (tertiary alicyclic amines) is 1. The molecule has 0 unspecified atom stereocenters. The monoisotopic (exact) mass is 291 g/mol. The fraction of sp³-hybridized carbons (Fsp3) is 0.750. The highest BCUT2D eigenvalue weighted by molar-refractivity contribution is 5.31. The molecule has 0 bridgehead atoms. The Hall–Kier alpha value is -1.20. The molecule has 0 spiro atoms. The third kappa shape index (κ3) is 4.93. The maximum atomic E-state index is 4.65. The van der Waals surface area contributed by atoms with Gasteiger partial charge in [-0.05, 0) is 45.8 Å². The van der Waals surface area contributed by atoms with E-state index < -0.39 is 0 Å². The van der Waals surface area contributed by atoms with Gasteiger partial charge >= 0.3 is 0 Å². The third-order valence-electron chi connectivity index (χ3n) is 4.10. The van der Waals surface area contributed by atoms with Crippen LogP contribution in [0.4, 0.5) is 5.95 Å². The lowest BCUT2D eigenvalue weighted by molar-refractivity contribution is 0.346. The van der Waals surface area contributed by atoms with Gasteiger partial charge in [0.05, 0.1) is 0 Å². The quantitative estimate of drug-likeness (QED) is 0.740. The number of likely N-dealkylation sites (N-methyl/N-ethyl adjacent to an activating group) is 1. The standard InChI is InChI=1S/C16H29N5/c1-4-7-17-12-15-13-18-16(19-14(15)2)20(3)10-11-21-8-5-6-9-21/h13,17H,4-12H2,1-3H3. The normalized spacial score (nSPS) is 15.6. The zero-order valence-corrected chi connectivity index (χ0v) is 13.7. The van der Waals surface area contributed by atoms with Crippen molar-refractivity contribution >= 4 is 5.95 Å². The summed E-state index contributed by atoms with van der Waals surface area (Å²) in [6.45, 7) is 10.7. The minimum Gasteiger partial charge on any atom is -0.343 e. The lowest BCUT2D eigenvalue weighted by Crippen LogP contribution is -2.32. The van der Waals surface area contributed by atoms with Crippen molar-refractivity contribution in [1.82, 2.24) is 20.2 Å². The molecule has 5 nitrogen and oxygen atoms in total. The van der Waals surface area contributed by atoms with Gasteiger partial charge in [0, 0.05) is 44.1 Å². The highest BCUT2D eigenvalue weighted by Gasteiger charge is 2.13. The summed E-state index contributed by atoms with van der Waals surface area (Å²) >= 11 is 0. The summed E-state index contributed by atoms with van der Waals surface area (Å²) in [5.41, 5.74) is 2.27. The molecule has 2 rings (SSSR count). The van der Waals surface area contributed by atoms with Crippen LogP contribution in [0.1, 0.15) is 37.4 Å². The minimum absolute atomic E-state index is 0.839. The predicted octanol–water partition coefficient (Wildman–Crippen LogP) is 1.82. The number of nitrogens with one attached hydrogen (secondary N) is 1. The first-order chi connectivity index (χ1) is 10.2. The summed E-state index contributed by atoms with van der Waals surface area (Å²) < 4.78 is 0. The van der Waals surface area contributed by atoms with E-state index in [1.54, 1.807) is 0 Å². The molecule has 1 aliphatic rings. The van der Waals surface area contributed by atoms with Gasteiger partial charge in [-0.1, -0.05) is 6.92 Å². The molecule has 1 aliphatic heterocycles. The van der Waals surface area contributed by atoms with E-state index in [0.29, 0.717) is 0 Å². The SMILES string of the molecule is CCCNCc1cnc(N(C)CCN2CCCC2)nc1C. The van der Waals surface area contributed by atoms with Gasteiger partial charge in [-0.2, -0.15) is 0 Å². The predicted molar refractivity (Wildman–Crippen MR) is 87.7 cm³/mol. The highest BCUT2D eigenvalue weighted by Crippen LogP contribution is 2.11. The molecule has 2 heterocycles. The molecule has 118 valence electrons. The van der Waals surface area contributed by atoms with Crippen molar-refractivity contribution in [2.45, 2.75) is 39.7 Å². The molecule has 5 heteroatoms. The van der Waals surface area contributed by atoms with Crippen molar-refractivity contribution in [1.29, 1.82) is 0 Å². The van der Waals surface area contributed by atoms with E-state index in [1.807, 2.05) is 6.20 Å². The van der Waals surface area contributed by atoms with E-state index >= 15 is 0 Å². The summed E-state index contributed by atoms with van der Waals surface area (Å²) in [5.74, 6) is 0.839. The second-order valence-electron chi connectivity index (χ2n) is 5.93. The number of aryl methyl sites for hydroxylation is 1. The number of nitrogens with zero attached hydrogens (tertiary/aromatic N) is 4. The molecule has 0 amide bonds. The fourth-order valence-electron chi connectivity index (χ4n) is 2.63. The van der Waals surface area contributed by atoms with Crippen molar-refractivity contribution in [3.05, 3.63) is 17.5 Å². The van der Waals surface area contributed by atoms with Crippen LogP contribution in [0.2, 0.25) is 0 Å². The summed E-state index contributed by atoms with van der Waals surface area (Å²) in [5, 5.41) is 3.40. The van der Waals surface area contributed by atoms with Crippen molar-refractivity contribution in [2.75, 3.05) is 44.7 Å². The lowest BCUT2D eigenvalue weighted by Gasteiger charge is -2.22. The zero-order chi connectivity index (χ0) is 15.1. The van der Waals surface area contributed by atoms with Gasteiger partial charge in [0.15, 0.2) is 0 Å². The first-order valence-electron chi connectivity index (χ1n) is 8.17. The lowest BCUT2D eigenvalue weighted by atomic mass is 10.2. The summed E-state index contributed by atoms with van der Waals surface area (Å²) in [6, 6.07) is 0. The molecule has 1 aromatic heterocycles. The molecule has 0 atom stereocenters. The van der Waals surface area contributed by atoms with E-state index in [2.05, 4.69) is 46.0 Å². The van der Waals surface area contributed by atoms with Crippen LogP contribution >= 0.6 is 0 Å². The second kappa shape index (κ2) is 8.29. The zero-order valence-electron chi connectivity index (χ0n) is 13.7. The first-order valence-corrected chi connectivity index (χ1v) is 8.17. The van der Waals surface area contributed by atoms with Gasteiger partial charge in [-0.25, -0.2) is 9.97 Å². The maximum absolute atomic E-state index is 4.65. The Bertz CT molecular complexity index is 429. The van der Waals surface area contributed by atoms with Gasteiger partial charge in [0.2, 0.25) is 5.95 Å². The highest BCUT2D eigenvalue weighted by atomic mass is 15.3. The first kappa shape index (κ1) is 16.2. The number of aromatic nitrogens is 2. The smallest absolute Gasteiger partial charge is 0.225 e. The summed E-state index contributed by atoms with van der Waals surface area (Å²) in [6.07, 6.45) is 5.81. The molecule has 0 aliphatic carbocycles. The Morgan fingerprint density at radius 2 is 2.10 bits per heavy atom. The Labute approximate surface area is 128 Å². The molecule has 1 N–H and O–H groups in total. The minimum atomic E-state index is 0.839. The number of anilines is 1. The summed E-state index contributed by atoms with van der Waals surface area (Å²) in [7, 11) is 2.08. The van der Waals surface area contributed by atoms with E-state index in [0.717, 1.165) is 44.2 Å². The second-order valence-corrected chi connectivity index (χ2v) is 5.93. The van der Waals surface area contributed by atoms with Gasteiger partial charge < -0.3 is 15.1 Å². The van der Waals surface area contributed by atoms with Crippen molar-refractivity contribution in [3.63, 3.8) is 0 Å². The average Bonchev–Trinajstić information content (AvgIpc) is 3.00. The van der Waals surface area contributed by atoms with E-state index in [9.17, 15) is 0 Å². The average molecular weight is 291 g/mol. The van der Waals surface area contributed by atoms with Gasteiger partial charge in [-0.15, -0.1) is 0 Å². The molecule has 1 aromatic rings. The van der Waals surface area contributed by atoms with Gasteiger partial charge in [0.25, 0.3) is 0 Å². The molecule has 21 heavy (non-hydrogen) atoms. The fourth-order valence-corrected chi connectivity index (χ4v) is 2.63. The Morgan fingerprint density at radius 3 is 2.76 bits per heavy atom. The van der Waals surface area contributed by atoms with Crippen LogP contribution in [0.15, 0.2) is 6.20 Å². The molecular formula is C16H29N5. The molecular weight excluding hydrogens is 262 g/mol. The van der Waals surface area contributed by atoms with E-state index in [-0.39, 0.29) is 0 Å². The molecule has 0 radical (unpaired) electrons. The van der Waals surface area contributed by atoms with Crippen LogP contribution in [-0.4, -0.2) is 54.6 Å². The van der Waals surface area contributed by atoms with Crippen LogP contribution in [0.3, 0.4) is 0 Å². The Balaban J connectivity index is 1.85. The van der Waals surface area contributed by atoms with Crippen molar-refractivity contribution < 1.29 is 0 Å². The van der Waals surface area contributed by atoms with Gasteiger partial charge in [-0.3, -0.25) is 0 Å². The number of hydrogen-bond donors (Lipinski definition) is 1. The van der Waals surface area contributed by atoms with Crippen LogP contribution in [0.5, 0.6) is 0 Å². The maximum Gasteiger partial charge on any atom is 0.225 e. The Kier molecular flexibility index (Phi) is 6.39. The third-order valence-corrected chi connectivity index (χ3v) is 4.10. The molecule has 0 aromatic carbocycles. The van der Waals surface area contributed by atoms with Crippen LogP contribution in [-0.2, 0) is 6.54 Å². The number of hydrogen-bond acceptors (Lipinski definition) is 5. The molecule has 0 saturated carbocycles. The number of rotatable bonds is 8. The van der Waals surface area contributed by atoms with Crippen LogP contribution in [0.25, 0.3) is 0 Å². The molecule has 1 saturated heterocycles. The largest absolute Gasteiger partial charge is 0.343 e. The van der Waals surface area contributed by atoms with Crippen LogP contribution in [0, 0.1) is 6.92 Å². The van der Waals surface area contributed by atoms with E-state index in [4.69, 9.17) is 0 Å². The van der Waals surface area contributed by atoms with Crippen molar-refractivity contribution in [2.24, 2.45) is 0 Å². The topological polar surface area (TPSA) is 44.3 Å². The van der Waals surface area contributed by atoms with E-state index in [1.165, 1.54) is 31.5 Å². The summed E-state index contributed by atoms with van der Waals surface area (Å²) in [4.78, 5) is 13.9. The van der Waals surface area contributed by atoms with Crippen molar-refractivity contribution in [3.8, 4) is 0 Å². The Morgan fingerprint density at radius 1 is 1.33 bits per heavy atom.